The number of hydrogen-bond donors (Lipinski definition) is 0. The molecular weight excluding hydrogens is 1100 g/mol. The second-order valence-electron chi connectivity index (χ2n) is 42.4. The first kappa shape index (κ1) is 60.8. The van der Waals surface area contributed by atoms with E-state index in [1.54, 1.807) is 231 Å². The van der Waals surface area contributed by atoms with Gasteiger partial charge in [0.2, 0.25) is 0 Å². The van der Waals surface area contributed by atoms with E-state index in [1.165, 1.54) is 51.4 Å². The van der Waals surface area contributed by atoms with Gasteiger partial charge in [-0.05, 0) is 308 Å². The molecule has 1 spiro atoms. The quantitative estimate of drug-likeness (QED) is 0.236. The molecule has 4 nitrogen and oxygen atoms in total. The van der Waals surface area contributed by atoms with Crippen molar-refractivity contribution in [2.75, 3.05) is 0 Å². The van der Waals surface area contributed by atoms with E-state index in [9.17, 15) is 0 Å². The minimum atomic E-state index is 0.449. The second-order valence-corrected chi connectivity index (χ2v) is 42.4. The van der Waals surface area contributed by atoms with Crippen molar-refractivity contribution in [1.29, 1.82) is 0 Å². The predicted molar refractivity (Wildman–Crippen MR) is 377 cm³/mol. The van der Waals surface area contributed by atoms with Crippen molar-refractivity contribution in [3.05, 3.63) is 0 Å². The lowest BCUT2D eigenvalue weighted by molar-refractivity contribution is -0.408. The van der Waals surface area contributed by atoms with Gasteiger partial charge in [-0.15, -0.1) is 0 Å². The molecule has 20 rings (SSSR count). The van der Waals surface area contributed by atoms with Crippen LogP contribution in [0.1, 0.15) is 324 Å². The van der Waals surface area contributed by atoms with Crippen molar-refractivity contribution in [3.8, 4) is 0 Å². The first-order valence-electron chi connectivity index (χ1n) is 43.4. The van der Waals surface area contributed by atoms with Crippen LogP contribution < -0.4 is 0 Å². The minimum absolute atomic E-state index is 0.449. The molecule has 0 bridgehead atoms. The van der Waals surface area contributed by atoms with Gasteiger partial charge in [0, 0.05) is 77.9 Å². The second kappa shape index (κ2) is 23.0. The summed E-state index contributed by atoms with van der Waals surface area (Å²) in [7, 11) is 0. The van der Waals surface area contributed by atoms with Gasteiger partial charge in [0.05, 0.1) is 0 Å². The molecule has 5 heteroatoms. The van der Waals surface area contributed by atoms with Crippen molar-refractivity contribution in [2.24, 2.45) is 123 Å². The first-order valence-corrected chi connectivity index (χ1v) is 43.4. The summed E-state index contributed by atoms with van der Waals surface area (Å²) in [5, 5.41) is 0. The molecule has 0 N–H and O–H groups in total. The summed E-state index contributed by atoms with van der Waals surface area (Å²) in [5.74, 6) is 21.5. The highest BCUT2D eigenvalue weighted by Gasteiger charge is 2.85. The van der Waals surface area contributed by atoms with Gasteiger partial charge in [-0.25, -0.2) is 0 Å². The predicted octanol–water partition coefficient (Wildman–Crippen LogP) is 20.8. The number of nitrogens with zero attached hydrogens (tertiary/aromatic N) is 4. The molecule has 4 heterocycles. The maximum atomic E-state index is 3.78. The largest absolute Gasteiger partial charge is 0.295 e. The Morgan fingerprint density at radius 1 is 0.275 bits per heavy atom. The Kier molecular flexibility index (Phi) is 15.4. The van der Waals surface area contributed by atoms with Crippen LogP contribution in [0.25, 0.3) is 0 Å². The Morgan fingerprint density at radius 2 is 0.714 bits per heavy atom. The summed E-state index contributed by atoms with van der Waals surface area (Å²) in [6.07, 6.45) is 69.4. The third-order valence-electron chi connectivity index (χ3n) is 38.2. The molecule has 27 atom stereocenters. The van der Waals surface area contributed by atoms with Crippen LogP contribution in [0.3, 0.4) is 0 Å². The van der Waals surface area contributed by atoms with Crippen LogP contribution in [0, 0.1) is 123 Å². The van der Waals surface area contributed by atoms with Crippen molar-refractivity contribution in [2.45, 2.75) is 414 Å². The van der Waals surface area contributed by atoms with Gasteiger partial charge < -0.3 is 0 Å². The lowest BCUT2D eigenvalue weighted by Gasteiger charge is -2.90. The summed E-state index contributed by atoms with van der Waals surface area (Å²) in [4.78, 5) is 14.5. The maximum Gasteiger partial charge on any atom is 0.156 e. The van der Waals surface area contributed by atoms with E-state index in [-0.39, 0.29) is 0 Å². The molecule has 0 aromatic heterocycles. The molecule has 20 aliphatic rings. The van der Waals surface area contributed by atoms with Crippen molar-refractivity contribution in [3.63, 3.8) is 0 Å². The van der Waals surface area contributed by atoms with E-state index >= 15 is 0 Å². The van der Waals surface area contributed by atoms with E-state index in [2.05, 4.69) is 61.1 Å². The summed E-state index contributed by atoms with van der Waals surface area (Å²) >= 11 is 0. The van der Waals surface area contributed by atoms with Crippen LogP contribution in [0.4, 0.5) is 0 Å². The standard InChI is InChI=1S/C86H139BN4/c1-84(2,3)59-39-56-25-26-57-40-60(85(4,5)6)45-70-69(42-58(41-59)81(56)82(57)70)55-31-37-71-75(43-55)88(63-32-27-53(28-33-63)51-17-9-7-10-18-51)77-49-66(91-79-46-61-44-62-47-80(91)86(61,62)79)50-78-83(77)87(71)72-38-36-65(90-73-23-15-13-21-67(73)68-22-14-16-24-74(68)90)48-76(72)89(78)64-34-29-54(30-35-64)52-19-11-8-12-20-52/h51-83H,7-50H2,1-6H3. The van der Waals surface area contributed by atoms with Gasteiger partial charge in [-0.3, -0.25) is 19.6 Å². The van der Waals surface area contributed by atoms with Gasteiger partial charge in [0.15, 0.2) is 6.71 Å². The molecule has 0 aromatic rings. The topological polar surface area (TPSA) is 13.0 Å². The van der Waals surface area contributed by atoms with E-state index < -0.39 is 0 Å². The lowest BCUT2D eigenvalue weighted by Crippen LogP contribution is -2.94. The Hall–Kier alpha value is -0.0951. The normalized spacial score (nSPS) is 55.7. The highest BCUT2D eigenvalue weighted by atomic mass is 15.4. The van der Waals surface area contributed by atoms with E-state index in [1.807, 2.05) is 0 Å². The summed E-state index contributed by atoms with van der Waals surface area (Å²) in [5.41, 5.74) is 1.74. The van der Waals surface area contributed by atoms with Crippen LogP contribution in [0.15, 0.2) is 0 Å². The molecule has 0 aromatic carbocycles. The molecule has 4 aliphatic heterocycles. The number of likely N-dealkylation sites (tertiary alicyclic amines) is 2. The third kappa shape index (κ3) is 9.33. The molecule has 20 fully saturated rings. The van der Waals surface area contributed by atoms with Gasteiger partial charge in [-0.1, -0.05) is 151 Å². The average molecular weight is 1240 g/mol. The molecule has 27 unspecified atom stereocenters. The van der Waals surface area contributed by atoms with E-state index in [0.717, 1.165) is 209 Å². The Morgan fingerprint density at radius 3 is 1.27 bits per heavy atom. The minimum Gasteiger partial charge on any atom is -0.295 e. The summed E-state index contributed by atoms with van der Waals surface area (Å²) < 4.78 is 0. The molecule has 0 radical (unpaired) electrons. The van der Waals surface area contributed by atoms with Gasteiger partial charge >= 0.3 is 0 Å². The zero-order valence-electron chi connectivity index (χ0n) is 60.0. The fourth-order valence-electron chi connectivity index (χ4n) is 34.8. The van der Waals surface area contributed by atoms with Crippen LogP contribution in [0.2, 0.25) is 17.5 Å². The maximum absolute atomic E-state index is 3.78. The molecule has 16 aliphatic carbocycles. The molecular formula is C86H139BN4. The summed E-state index contributed by atoms with van der Waals surface area (Å²) in [6, 6.07) is 10.7. The van der Waals surface area contributed by atoms with E-state index in [4.69, 9.17) is 0 Å². The number of fused-ring (bicyclic) bond motifs is 7. The monoisotopic (exact) mass is 1240 g/mol. The molecule has 506 valence electrons. The number of hydrogen-bond acceptors (Lipinski definition) is 4. The number of piperidine rings is 2. The third-order valence-corrected chi connectivity index (χ3v) is 38.2. The Balaban J connectivity index is 0.693. The molecule has 4 saturated heterocycles. The average Bonchev–Trinajstić information content (AvgIpc) is 1.31. The van der Waals surface area contributed by atoms with Crippen molar-refractivity contribution < 1.29 is 0 Å². The van der Waals surface area contributed by atoms with Gasteiger partial charge in [-0.2, -0.15) is 0 Å². The molecule has 16 saturated carbocycles. The highest BCUT2D eigenvalue weighted by molar-refractivity contribution is 6.65. The van der Waals surface area contributed by atoms with Crippen molar-refractivity contribution in [1.82, 2.24) is 19.6 Å². The van der Waals surface area contributed by atoms with Gasteiger partial charge in [0.1, 0.15) is 0 Å². The Labute approximate surface area is 560 Å². The fourth-order valence-corrected chi connectivity index (χ4v) is 34.8. The summed E-state index contributed by atoms with van der Waals surface area (Å²) in [6.45, 7) is 17.1. The first-order chi connectivity index (χ1) is 44.3. The van der Waals surface area contributed by atoms with Gasteiger partial charge in [0.25, 0.3) is 0 Å². The fraction of sp³-hybridized carbons (Fsp3) is 1.00. The SMILES string of the molecule is CC(C)(C)C1CC2CCC3CC(C(C)(C)C)CC4C(C5CCC6B7C8CCC(N9C%10CCCCC%10C%10CCCCC%109)CC8N(C8CCC(C9CCCCC9)CC8)C8CC(N9C%10CC%11CC%12CC9C%11%12%10)CC(C78)N(C7CCC(C8CCCCC8)CC7)C6C5)CC(C1)C2C34. The zero-order valence-corrected chi connectivity index (χ0v) is 60.0. The number of rotatable bonds is 7. The van der Waals surface area contributed by atoms with Crippen LogP contribution in [0.5, 0.6) is 0 Å². The van der Waals surface area contributed by atoms with Crippen molar-refractivity contribution >= 4 is 6.71 Å². The molecule has 91 heavy (non-hydrogen) atoms. The van der Waals surface area contributed by atoms with Crippen LogP contribution in [-0.4, -0.2) is 98.8 Å². The smallest absolute Gasteiger partial charge is 0.156 e. The van der Waals surface area contributed by atoms with Crippen LogP contribution >= 0.6 is 0 Å². The highest BCUT2D eigenvalue weighted by Crippen LogP contribution is 2.83. The Bertz CT molecular complexity index is 2560. The zero-order chi connectivity index (χ0) is 60.6. The lowest BCUT2D eigenvalue weighted by atomic mass is 9.18. The van der Waals surface area contributed by atoms with E-state index in [0.29, 0.717) is 10.8 Å². The molecule has 0 amide bonds. The van der Waals surface area contributed by atoms with Crippen LogP contribution in [-0.2, 0) is 0 Å².